The smallest absolute Gasteiger partial charge is 0.276 e. The van der Waals surface area contributed by atoms with Crippen molar-refractivity contribution in [1.82, 2.24) is 10.9 Å². The summed E-state index contributed by atoms with van der Waals surface area (Å²) in [5.74, 6) is -0.266. The van der Waals surface area contributed by atoms with E-state index in [1.165, 1.54) is 0 Å². The molecule has 0 fully saturated rings. The lowest BCUT2D eigenvalue weighted by atomic mass is 10.2. The van der Waals surface area contributed by atoms with Gasteiger partial charge < -0.3 is 4.74 Å². The van der Waals surface area contributed by atoms with Crippen LogP contribution in [0, 0.1) is 6.92 Å². The van der Waals surface area contributed by atoms with E-state index in [9.17, 15) is 9.59 Å². The van der Waals surface area contributed by atoms with Gasteiger partial charge in [0.05, 0.1) is 4.47 Å². The Kier molecular flexibility index (Phi) is 5.55. The normalized spacial score (nSPS) is 9.91. The number of hydrogen-bond acceptors (Lipinski definition) is 3. The molecule has 114 valence electrons. The monoisotopic (exact) mass is 362 g/mol. The quantitative estimate of drug-likeness (QED) is 0.821. The van der Waals surface area contributed by atoms with Gasteiger partial charge in [-0.3, -0.25) is 20.4 Å². The Bertz CT molecular complexity index is 674. The number of ether oxygens (including phenoxy) is 1. The summed E-state index contributed by atoms with van der Waals surface area (Å²) in [4.78, 5) is 23.4. The molecule has 2 rings (SSSR count). The van der Waals surface area contributed by atoms with Gasteiger partial charge in [-0.25, -0.2) is 0 Å². The maximum Gasteiger partial charge on any atom is 0.276 e. The Balaban J connectivity index is 1.80. The topological polar surface area (TPSA) is 67.4 Å². The van der Waals surface area contributed by atoms with E-state index in [2.05, 4.69) is 26.8 Å². The van der Waals surface area contributed by atoms with Crippen molar-refractivity contribution in [3.05, 3.63) is 64.1 Å². The van der Waals surface area contributed by atoms with Gasteiger partial charge in [0.1, 0.15) is 5.75 Å². The Morgan fingerprint density at radius 2 is 1.82 bits per heavy atom. The van der Waals surface area contributed by atoms with E-state index in [0.717, 1.165) is 10.0 Å². The molecule has 0 saturated heterocycles. The van der Waals surface area contributed by atoms with Crippen LogP contribution in [0.3, 0.4) is 0 Å². The highest BCUT2D eigenvalue weighted by Gasteiger charge is 2.08. The first-order valence-electron chi connectivity index (χ1n) is 6.59. The van der Waals surface area contributed by atoms with Gasteiger partial charge in [0.2, 0.25) is 0 Å². The van der Waals surface area contributed by atoms with Crippen LogP contribution >= 0.6 is 15.9 Å². The Labute approximate surface area is 136 Å². The lowest BCUT2D eigenvalue weighted by Crippen LogP contribution is -2.43. The minimum absolute atomic E-state index is 0.198. The summed E-state index contributed by atoms with van der Waals surface area (Å²) in [6, 6.07) is 14.2. The fraction of sp³-hybridized carbons (Fsp3) is 0.125. The summed E-state index contributed by atoms with van der Waals surface area (Å²) < 4.78 is 6.15. The molecule has 2 N–H and O–H groups in total. The van der Waals surface area contributed by atoms with E-state index in [4.69, 9.17) is 4.74 Å². The zero-order chi connectivity index (χ0) is 15.9. The van der Waals surface area contributed by atoms with Crippen LogP contribution in [-0.2, 0) is 4.79 Å². The molecule has 0 heterocycles. The number of hydrogen-bond donors (Lipinski definition) is 2. The first kappa shape index (κ1) is 16.0. The molecule has 0 aliphatic heterocycles. The molecule has 0 atom stereocenters. The number of halogens is 1. The van der Waals surface area contributed by atoms with E-state index in [1.807, 2.05) is 25.1 Å². The number of amides is 2. The van der Waals surface area contributed by atoms with E-state index in [1.54, 1.807) is 30.3 Å². The van der Waals surface area contributed by atoms with Gasteiger partial charge in [0.25, 0.3) is 11.8 Å². The van der Waals surface area contributed by atoms with Gasteiger partial charge in [-0.2, -0.15) is 0 Å². The van der Waals surface area contributed by atoms with E-state index >= 15 is 0 Å². The van der Waals surface area contributed by atoms with Gasteiger partial charge in [-0.15, -0.1) is 0 Å². The van der Waals surface area contributed by atoms with Crippen LogP contribution < -0.4 is 15.6 Å². The molecule has 22 heavy (non-hydrogen) atoms. The Hall–Kier alpha value is -2.34. The van der Waals surface area contributed by atoms with Crippen molar-refractivity contribution in [3.63, 3.8) is 0 Å². The van der Waals surface area contributed by atoms with E-state index in [0.29, 0.717) is 11.3 Å². The van der Waals surface area contributed by atoms with Crippen LogP contribution in [0.2, 0.25) is 0 Å². The van der Waals surface area contributed by atoms with Crippen LogP contribution in [0.15, 0.2) is 53.0 Å². The predicted octanol–water partition coefficient (Wildman–Crippen LogP) is 2.60. The number of aryl methyl sites for hydroxylation is 1. The minimum atomic E-state index is -0.447. The van der Waals surface area contributed by atoms with E-state index < -0.39 is 5.91 Å². The summed E-state index contributed by atoms with van der Waals surface area (Å²) in [6.45, 7) is 1.76. The predicted molar refractivity (Wildman–Crippen MR) is 86.4 cm³/mol. The number of hydrazine groups is 1. The molecule has 0 spiro atoms. The standard InChI is InChI=1S/C16H15BrN2O3/c1-11-7-8-14(13(17)9-11)22-10-15(20)18-19-16(21)12-5-3-2-4-6-12/h2-9H,10H2,1H3,(H,18,20)(H,19,21). The molecule has 0 aliphatic rings. The largest absolute Gasteiger partial charge is 0.483 e. The average Bonchev–Trinajstić information content (AvgIpc) is 2.52. The summed E-state index contributed by atoms with van der Waals surface area (Å²) in [6.07, 6.45) is 0. The van der Waals surface area contributed by atoms with Crippen LogP contribution in [0.4, 0.5) is 0 Å². The van der Waals surface area contributed by atoms with Crippen LogP contribution in [0.25, 0.3) is 0 Å². The lowest BCUT2D eigenvalue weighted by molar-refractivity contribution is -0.123. The van der Waals surface area contributed by atoms with Crippen LogP contribution in [0.5, 0.6) is 5.75 Å². The first-order valence-corrected chi connectivity index (χ1v) is 7.39. The molecule has 0 aliphatic carbocycles. The number of rotatable bonds is 4. The van der Waals surface area contributed by atoms with Crippen molar-refractivity contribution in [2.75, 3.05) is 6.61 Å². The molecule has 0 unspecified atom stereocenters. The third-order valence-corrected chi connectivity index (χ3v) is 3.42. The summed E-state index contributed by atoms with van der Waals surface area (Å²) in [5.41, 5.74) is 6.18. The summed E-state index contributed by atoms with van der Waals surface area (Å²) in [7, 11) is 0. The fourth-order valence-corrected chi connectivity index (χ4v) is 2.30. The fourth-order valence-electron chi connectivity index (χ4n) is 1.69. The third kappa shape index (κ3) is 4.60. The van der Waals surface area contributed by atoms with Crippen LogP contribution in [0.1, 0.15) is 15.9 Å². The highest BCUT2D eigenvalue weighted by atomic mass is 79.9. The van der Waals surface area contributed by atoms with Gasteiger partial charge in [0.15, 0.2) is 6.61 Å². The second kappa shape index (κ2) is 7.61. The Morgan fingerprint density at radius 1 is 1.09 bits per heavy atom. The number of benzene rings is 2. The molecule has 2 aromatic rings. The highest BCUT2D eigenvalue weighted by Crippen LogP contribution is 2.25. The number of nitrogens with one attached hydrogen (secondary N) is 2. The van der Waals surface area contributed by atoms with Crippen molar-refractivity contribution in [2.45, 2.75) is 6.92 Å². The highest BCUT2D eigenvalue weighted by molar-refractivity contribution is 9.10. The molecule has 0 saturated carbocycles. The molecular formula is C16H15BrN2O3. The van der Waals surface area contributed by atoms with Crippen molar-refractivity contribution in [2.24, 2.45) is 0 Å². The molecule has 6 heteroatoms. The zero-order valence-electron chi connectivity index (χ0n) is 11.9. The second-order valence-electron chi connectivity index (χ2n) is 4.59. The number of carbonyl (C=O) groups excluding carboxylic acids is 2. The zero-order valence-corrected chi connectivity index (χ0v) is 13.5. The van der Waals surface area contributed by atoms with Gasteiger partial charge in [-0.1, -0.05) is 24.3 Å². The van der Waals surface area contributed by atoms with Crippen LogP contribution in [-0.4, -0.2) is 18.4 Å². The maximum absolute atomic E-state index is 11.7. The first-order chi connectivity index (χ1) is 10.6. The van der Waals surface area contributed by atoms with Crippen molar-refractivity contribution < 1.29 is 14.3 Å². The molecule has 0 radical (unpaired) electrons. The molecule has 0 bridgehead atoms. The molecule has 2 amide bonds. The third-order valence-electron chi connectivity index (χ3n) is 2.80. The molecular weight excluding hydrogens is 348 g/mol. The minimum Gasteiger partial charge on any atom is -0.483 e. The molecule has 5 nitrogen and oxygen atoms in total. The summed E-state index contributed by atoms with van der Waals surface area (Å²) in [5, 5.41) is 0. The molecule has 2 aromatic carbocycles. The number of carbonyl (C=O) groups is 2. The second-order valence-corrected chi connectivity index (χ2v) is 5.45. The van der Waals surface area contributed by atoms with Crippen molar-refractivity contribution in [3.8, 4) is 5.75 Å². The van der Waals surface area contributed by atoms with Gasteiger partial charge >= 0.3 is 0 Å². The Morgan fingerprint density at radius 3 is 2.50 bits per heavy atom. The van der Waals surface area contributed by atoms with Gasteiger partial charge in [0, 0.05) is 5.56 Å². The lowest BCUT2D eigenvalue weighted by Gasteiger charge is -2.10. The SMILES string of the molecule is Cc1ccc(OCC(=O)NNC(=O)c2ccccc2)c(Br)c1. The van der Waals surface area contributed by atoms with Crippen molar-refractivity contribution >= 4 is 27.7 Å². The molecule has 0 aromatic heterocycles. The van der Waals surface area contributed by atoms with E-state index in [-0.39, 0.29) is 12.5 Å². The average molecular weight is 363 g/mol. The summed E-state index contributed by atoms with van der Waals surface area (Å²) >= 11 is 3.36. The van der Waals surface area contributed by atoms with Crippen molar-refractivity contribution in [1.29, 1.82) is 0 Å². The maximum atomic E-state index is 11.7. The van der Waals surface area contributed by atoms with Gasteiger partial charge in [-0.05, 0) is 52.7 Å².